The van der Waals surface area contributed by atoms with E-state index in [9.17, 15) is 16.8 Å². The number of hydrogen-bond acceptors (Lipinski definition) is 5. The summed E-state index contributed by atoms with van der Waals surface area (Å²) in [6.07, 6.45) is 0. The van der Waals surface area contributed by atoms with Gasteiger partial charge in [0.05, 0.1) is 16.9 Å². The van der Waals surface area contributed by atoms with Gasteiger partial charge in [-0.1, -0.05) is 6.07 Å². The zero-order valence-corrected chi connectivity index (χ0v) is 10.9. The summed E-state index contributed by atoms with van der Waals surface area (Å²) in [6, 6.07) is 3.55. The van der Waals surface area contributed by atoms with Crippen molar-refractivity contribution in [1.29, 1.82) is 0 Å². The van der Waals surface area contributed by atoms with Crippen LogP contribution in [0.2, 0.25) is 0 Å². The van der Waals surface area contributed by atoms with Crippen molar-refractivity contribution in [2.24, 2.45) is 0 Å². The first-order valence-electron chi connectivity index (χ1n) is 4.04. The average molecular weight is 285 g/mol. The van der Waals surface area contributed by atoms with Gasteiger partial charge in [0.25, 0.3) is 19.2 Å². The average Bonchev–Trinajstić information content (AvgIpc) is 2.16. The van der Waals surface area contributed by atoms with Gasteiger partial charge in [-0.15, -0.1) is 0 Å². The van der Waals surface area contributed by atoms with E-state index in [1.54, 1.807) is 0 Å². The monoisotopic (exact) mass is 284 g/mol. The number of halogens is 1. The first-order chi connectivity index (χ1) is 7.18. The lowest BCUT2D eigenvalue weighted by atomic mass is 10.2. The Morgan fingerprint density at radius 1 is 1.19 bits per heavy atom. The van der Waals surface area contributed by atoms with Crippen LogP contribution in [0.1, 0.15) is 5.56 Å². The number of benzene rings is 1. The Kier molecular flexibility index (Phi) is 3.63. The van der Waals surface area contributed by atoms with E-state index >= 15 is 0 Å². The normalized spacial score (nSPS) is 12.7. The van der Waals surface area contributed by atoms with Crippen molar-refractivity contribution < 1.29 is 21.0 Å². The maximum absolute atomic E-state index is 11.4. The fourth-order valence-electron chi connectivity index (χ4n) is 1.09. The van der Waals surface area contributed by atoms with Crippen molar-refractivity contribution in [1.82, 2.24) is 0 Å². The minimum Gasteiger partial charge on any atom is -0.270 e. The Bertz CT molecular complexity index is 603. The quantitative estimate of drug-likeness (QED) is 0.617. The Balaban J connectivity index is 3.54. The summed E-state index contributed by atoms with van der Waals surface area (Å²) in [5.41, 5.74) is 0.380. The summed E-state index contributed by atoms with van der Waals surface area (Å²) < 4.78 is 49.3. The van der Waals surface area contributed by atoms with Crippen LogP contribution in [-0.4, -0.2) is 23.9 Å². The van der Waals surface area contributed by atoms with Crippen molar-refractivity contribution in [3.8, 4) is 0 Å². The largest absolute Gasteiger partial charge is 0.297 e. The Morgan fingerprint density at radius 3 is 2.19 bits per heavy atom. The molecule has 0 bridgehead atoms. The standard InChI is InChI=1S/C8H9ClO5S2/c1-6-3-4-7(15(9,10)11)5-8(6)16(12,13)14-2/h3-5H,1-2H3. The van der Waals surface area contributed by atoms with E-state index in [1.807, 2.05) is 0 Å². The van der Waals surface area contributed by atoms with Crippen LogP contribution in [0.5, 0.6) is 0 Å². The molecule has 0 aromatic heterocycles. The lowest BCUT2D eigenvalue weighted by Crippen LogP contribution is -2.06. The summed E-state index contributed by atoms with van der Waals surface area (Å²) in [6.45, 7) is 1.52. The van der Waals surface area contributed by atoms with Gasteiger partial charge < -0.3 is 0 Å². The molecule has 0 saturated heterocycles. The molecule has 8 heteroatoms. The molecule has 0 aliphatic carbocycles. The van der Waals surface area contributed by atoms with Crippen molar-refractivity contribution in [2.45, 2.75) is 16.7 Å². The fourth-order valence-corrected chi connectivity index (χ4v) is 2.86. The highest BCUT2D eigenvalue weighted by atomic mass is 35.7. The lowest BCUT2D eigenvalue weighted by molar-refractivity contribution is 0.397. The molecule has 1 aromatic rings. The van der Waals surface area contributed by atoms with Gasteiger partial charge >= 0.3 is 0 Å². The van der Waals surface area contributed by atoms with Crippen LogP contribution in [0.15, 0.2) is 28.0 Å². The van der Waals surface area contributed by atoms with Crippen LogP contribution in [0.3, 0.4) is 0 Å². The molecule has 0 aliphatic rings. The summed E-state index contributed by atoms with van der Waals surface area (Å²) in [7, 11) is -1.78. The van der Waals surface area contributed by atoms with E-state index in [1.165, 1.54) is 19.1 Å². The molecule has 0 heterocycles. The highest BCUT2D eigenvalue weighted by Crippen LogP contribution is 2.23. The number of rotatable bonds is 3. The smallest absolute Gasteiger partial charge is 0.270 e. The molecular weight excluding hydrogens is 276 g/mol. The van der Waals surface area contributed by atoms with Gasteiger partial charge in [0.1, 0.15) is 0 Å². The molecule has 0 N–H and O–H groups in total. The molecule has 0 saturated carbocycles. The van der Waals surface area contributed by atoms with E-state index in [4.69, 9.17) is 10.7 Å². The Morgan fingerprint density at radius 2 is 1.75 bits per heavy atom. The molecular formula is C8H9ClO5S2. The molecule has 90 valence electrons. The van der Waals surface area contributed by atoms with Crippen molar-refractivity contribution in [2.75, 3.05) is 7.11 Å². The van der Waals surface area contributed by atoms with E-state index in [0.29, 0.717) is 5.56 Å². The van der Waals surface area contributed by atoms with Crippen LogP contribution < -0.4 is 0 Å². The van der Waals surface area contributed by atoms with Crippen LogP contribution >= 0.6 is 10.7 Å². The number of hydrogen-bond donors (Lipinski definition) is 0. The van der Waals surface area contributed by atoms with E-state index < -0.39 is 19.2 Å². The maximum Gasteiger partial charge on any atom is 0.297 e. The summed E-state index contributed by atoms with van der Waals surface area (Å²) in [4.78, 5) is -0.493. The van der Waals surface area contributed by atoms with E-state index in [2.05, 4.69) is 4.18 Å². The van der Waals surface area contributed by atoms with E-state index in [-0.39, 0.29) is 9.79 Å². The summed E-state index contributed by atoms with van der Waals surface area (Å²) in [5.74, 6) is 0. The van der Waals surface area contributed by atoms with Gasteiger partial charge in [-0.05, 0) is 24.6 Å². The van der Waals surface area contributed by atoms with Crippen LogP contribution in [0, 0.1) is 6.92 Å². The highest BCUT2D eigenvalue weighted by Gasteiger charge is 2.20. The molecule has 0 fully saturated rings. The van der Waals surface area contributed by atoms with E-state index in [0.717, 1.165) is 13.2 Å². The zero-order valence-electron chi connectivity index (χ0n) is 8.47. The van der Waals surface area contributed by atoms with Crippen LogP contribution in [-0.2, 0) is 23.4 Å². The van der Waals surface area contributed by atoms with Gasteiger partial charge in [-0.25, -0.2) is 8.42 Å². The minimum absolute atomic E-state index is 0.211. The summed E-state index contributed by atoms with van der Waals surface area (Å²) >= 11 is 0. The molecule has 0 radical (unpaired) electrons. The topological polar surface area (TPSA) is 77.5 Å². The third-order valence-electron chi connectivity index (χ3n) is 1.93. The number of aryl methyl sites for hydroxylation is 1. The van der Waals surface area contributed by atoms with Gasteiger partial charge in [0, 0.05) is 10.7 Å². The predicted octanol–water partition coefficient (Wildman–Crippen LogP) is 1.26. The summed E-state index contributed by atoms with van der Waals surface area (Å²) in [5, 5.41) is 0. The zero-order chi connectivity index (χ0) is 12.6. The van der Waals surface area contributed by atoms with Gasteiger partial charge in [0.2, 0.25) is 0 Å². The Labute approximate surface area is 98.5 Å². The first kappa shape index (κ1) is 13.4. The first-order valence-corrected chi connectivity index (χ1v) is 7.76. The molecule has 0 atom stereocenters. The molecule has 0 amide bonds. The molecule has 5 nitrogen and oxygen atoms in total. The lowest BCUT2D eigenvalue weighted by Gasteiger charge is -2.06. The van der Waals surface area contributed by atoms with Gasteiger partial charge in [-0.3, -0.25) is 4.18 Å². The second-order valence-corrected chi connectivity index (χ2v) is 7.23. The third kappa shape index (κ3) is 2.73. The molecule has 1 rings (SSSR count). The van der Waals surface area contributed by atoms with Crippen molar-refractivity contribution in [3.05, 3.63) is 23.8 Å². The van der Waals surface area contributed by atoms with Crippen molar-refractivity contribution >= 4 is 29.9 Å². The van der Waals surface area contributed by atoms with Crippen LogP contribution in [0.25, 0.3) is 0 Å². The minimum atomic E-state index is -3.96. The SMILES string of the molecule is COS(=O)(=O)c1cc(S(=O)(=O)Cl)ccc1C. The second-order valence-electron chi connectivity index (χ2n) is 2.99. The molecule has 0 unspecified atom stereocenters. The molecule has 1 aromatic carbocycles. The predicted molar refractivity (Wildman–Crippen MR) is 58.4 cm³/mol. The highest BCUT2D eigenvalue weighted by molar-refractivity contribution is 8.13. The van der Waals surface area contributed by atoms with Crippen molar-refractivity contribution in [3.63, 3.8) is 0 Å². The van der Waals surface area contributed by atoms with Crippen LogP contribution in [0.4, 0.5) is 0 Å². The van der Waals surface area contributed by atoms with Gasteiger partial charge in [0.15, 0.2) is 0 Å². The fraction of sp³-hybridized carbons (Fsp3) is 0.250. The molecule has 16 heavy (non-hydrogen) atoms. The third-order valence-corrected chi connectivity index (χ3v) is 4.70. The van der Waals surface area contributed by atoms with Gasteiger partial charge in [-0.2, -0.15) is 8.42 Å². The Hall–Kier alpha value is -0.630. The second kappa shape index (κ2) is 4.33. The maximum atomic E-state index is 11.4. The molecule has 0 spiro atoms. The molecule has 0 aliphatic heterocycles.